The first-order valence-electron chi connectivity index (χ1n) is 7.57. The lowest BCUT2D eigenvalue weighted by Crippen LogP contribution is -2.41. The van der Waals surface area contributed by atoms with Gasteiger partial charge in [-0.25, -0.2) is 0 Å². The van der Waals surface area contributed by atoms with Crippen LogP contribution in [0.15, 0.2) is 28.7 Å². The quantitative estimate of drug-likeness (QED) is 0.771. The molecule has 0 amide bonds. The molecule has 21 heavy (non-hydrogen) atoms. The summed E-state index contributed by atoms with van der Waals surface area (Å²) in [7, 11) is 0. The second-order valence-electron chi connectivity index (χ2n) is 6.57. The van der Waals surface area contributed by atoms with Crippen molar-refractivity contribution in [1.82, 2.24) is 4.90 Å². The number of carbonyl (C=O) groups is 1. The number of nitrogens with zero attached hydrogens (tertiary/aromatic N) is 1. The van der Waals surface area contributed by atoms with E-state index in [-0.39, 0.29) is 12.0 Å². The van der Waals surface area contributed by atoms with Gasteiger partial charge >= 0.3 is 5.97 Å². The van der Waals surface area contributed by atoms with Crippen LogP contribution in [0, 0.1) is 0 Å². The number of esters is 1. The van der Waals surface area contributed by atoms with E-state index in [0.29, 0.717) is 0 Å². The average molecular weight is 354 g/mol. The van der Waals surface area contributed by atoms with E-state index in [4.69, 9.17) is 4.74 Å². The van der Waals surface area contributed by atoms with Crippen LogP contribution >= 0.6 is 15.9 Å². The van der Waals surface area contributed by atoms with Crippen LogP contribution in [-0.2, 0) is 16.0 Å². The third-order valence-electron chi connectivity index (χ3n) is 3.67. The molecule has 1 unspecified atom stereocenters. The molecule has 1 aromatic rings. The number of likely N-dealkylation sites (tertiary alicyclic amines) is 1. The molecule has 0 aliphatic carbocycles. The van der Waals surface area contributed by atoms with Gasteiger partial charge in [-0.3, -0.25) is 9.69 Å². The molecule has 0 aromatic heterocycles. The van der Waals surface area contributed by atoms with E-state index in [0.717, 1.165) is 36.8 Å². The summed E-state index contributed by atoms with van der Waals surface area (Å²) in [6, 6.07) is 8.18. The molecule has 1 heterocycles. The van der Waals surface area contributed by atoms with E-state index in [9.17, 15) is 4.79 Å². The van der Waals surface area contributed by atoms with Gasteiger partial charge in [-0.1, -0.05) is 34.1 Å². The molecule has 1 atom stereocenters. The fourth-order valence-electron chi connectivity index (χ4n) is 2.70. The second kappa shape index (κ2) is 6.93. The van der Waals surface area contributed by atoms with E-state index in [1.807, 2.05) is 26.8 Å². The molecule has 1 saturated heterocycles. The van der Waals surface area contributed by atoms with Crippen molar-refractivity contribution in [3.8, 4) is 0 Å². The first-order valence-corrected chi connectivity index (χ1v) is 8.36. The van der Waals surface area contributed by atoms with E-state index in [1.165, 1.54) is 5.56 Å². The van der Waals surface area contributed by atoms with Crippen LogP contribution in [0.3, 0.4) is 0 Å². The van der Waals surface area contributed by atoms with Crippen LogP contribution in [0.1, 0.15) is 39.2 Å². The van der Waals surface area contributed by atoms with Gasteiger partial charge in [0.15, 0.2) is 0 Å². The Kier molecular flexibility index (Phi) is 5.44. The Hall–Kier alpha value is -0.870. The summed E-state index contributed by atoms with van der Waals surface area (Å²) in [4.78, 5) is 14.5. The van der Waals surface area contributed by atoms with Crippen LogP contribution in [0.5, 0.6) is 0 Å². The van der Waals surface area contributed by atoms with Gasteiger partial charge in [0.05, 0.1) is 0 Å². The van der Waals surface area contributed by atoms with Crippen LogP contribution in [-0.4, -0.2) is 35.6 Å². The van der Waals surface area contributed by atoms with Crippen LogP contribution in [0.2, 0.25) is 0 Å². The van der Waals surface area contributed by atoms with Gasteiger partial charge in [-0.05, 0) is 58.2 Å². The van der Waals surface area contributed by atoms with Crippen molar-refractivity contribution in [2.45, 2.75) is 51.7 Å². The fourth-order valence-corrected chi connectivity index (χ4v) is 3.18. The predicted octanol–water partition coefficient (Wildman–Crippen LogP) is 3.80. The van der Waals surface area contributed by atoms with Crippen molar-refractivity contribution < 1.29 is 9.53 Å². The lowest BCUT2D eigenvalue weighted by Gasteiger charge is -2.27. The maximum Gasteiger partial charge on any atom is 0.323 e. The van der Waals surface area contributed by atoms with Gasteiger partial charge in [0, 0.05) is 11.0 Å². The molecule has 3 nitrogen and oxygen atoms in total. The Morgan fingerprint density at radius 3 is 2.76 bits per heavy atom. The molecule has 0 radical (unpaired) electrons. The predicted molar refractivity (Wildman–Crippen MR) is 88.3 cm³/mol. The van der Waals surface area contributed by atoms with Gasteiger partial charge in [0.2, 0.25) is 0 Å². The van der Waals surface area contributed by atoms with Gasteiger partial charge < -0.3 is 4.74 Å². The Morgan fingerprint density at radius 1 is 1.38 bits per heavy atom. The topological polar surface area (TPSA) is 29.5 Å². The Bertz CT molecular complexity index is 496. The van der Waals surface area contributed by atoms with Crippen molar-refractivity contribution in [3.05, 3.63) is 34.3 Å². The second-order valence-corrected chi connectivity index (χ2v) is 7.42. The molecular weight excluding hydrogens is 330 g/mol. The largest absolute Gasteiger partial charge is 0.459 e. The smallest absolute Gasteiger partial charge is 0.323 e. The number of halogens is 1. The minimum atomic E-state index is -0.409. The molecule has 0 saturated carbocycles. The Labute approximate surface area is 135 Å². The van der Waals surface area contributed by atoms with Crippen molar-refractivity contribution >= 4 is 21.9 Å². The van der Waals surface area contributed by atoms with Gasteiger partial charge in [-0.2, -0.15) is 0 Å². The van der Waals surface area contributed by atoms with Crippen molar-refractivity contribution in [2.24, 2.45) is 0 Å². The van der Waals surface area contributed by atoms with Gasteiger partial charge in [0.1, 0.15) is 11.6 Å². The van der Waals surface area contributed by atoms with Crippen molar-refractivity contribution in [1.29, 1.82) is 0 Å². The zero-order valence-electron chi connectivity index (χ0n) is 13.1. The number of ether oxygens (including phenoxy) is 1. The van der Waals surface area contributed by atoms with Crippen LogP contribution in [0.25, 0.3) is 0 Å². The third-order valence-corrected chi connectivity index (χ3v) is 4.44. The Morgan fingerprint density at radius 2 is 2.10 bits per heavy atom. The standard InChI is InChI=1S/C17H24BrNO2/c1-17(2,3)21-16(20)15-9-6-11-19(15)12-10-13-7-4-5-8-14(13)18/h4-5,7-8,15H,6,9-12H2,1-3H3. The molecule has 1 aromatic carbocycles. The zero-order valence-corrected chi connectivity index (χ0v) is 14.6. The van der Waals surface area contributed by atoms with Crippen molar-refractivity contribution in [3.63, 3.8) is 0 Å². The first-order chi connectivity index (χ1) is 9.87. The van der Waals surface area contributed by atoms with E-state index in [2.05, 4.69) is 39.0 Å². The fraction of sp³-hybridized carbons (Fsp3) is 0.588. The number of carbonyl (C=O) groups excluding carboxylic acids is 1. The number of rotatable bonds is 4. The summed E-state index contributed by atoms with van der Waals surface area (Å²) in [5.74, 6) is -0.0767. The van der Waals surface area contributed by atoms with Gasteiger partial charge in [-0.15, -0.1) is 0 Å². The third kappa shape index (κ3) is 4.82. The zero-order chi connectivity index (χ0) is 15.5. The summed E-state index contributed by atoms with van der Waals surface area (Å²) < 4.78 is 6.67. The molecule has 0 spiro atoms. The molecule has 4 heteroatoms. The lowest BCUT2D eigenvalue weighted by molar-refractivity contribution is -0.160. The molecule has 1 fully saturated rings. The molecule has 2 rings (SSSR count). The summed E-state index contributed by atoms with van der Waals surface area (Å²) in [6.45, 7) is 7.64. The van der Waals surface area contributed by atoms with E-state index >= 15 is 0 Å². The maximum atomic E-state index is 12.3. The highest BCUT2D eigenvalue weighted by Gasteiger charge is 2.33. The monoisotopic (exact) mass is 353 g/mol. The normalized spacial score (nSPS) is 19.7. The summed E-state index contributed by atoms with van der Waals surface area (Å²) in [5.41, 5.74) is 0.876. The number of hydrogen-bond donors (Lipinski definition) is 0. The van der Waals surface area contributed by atoms with Crippen LogP contribution < -0.4 is 0 Å². The van der Waals surface area contributed by atoms with Crippen LogP contribution in [0.4, 0.5) is 0 Å². The minimum absolute atomic E-state index is 0.0767. The SMILES string of the molecule is CC(C)(C)OC(=O)C1CCCN1CCc1ccccc1Br. The Balaban J connectivity index is 1.93. The minimum Gasteiger partial charge on any atom is -0.459 e. The molecular formula is C17H24BrNO2. The molecule has 0 bridgehead atoms. The summed E-state index contributed by atoms with van der Waals surface area (Å²) >= 11 is 3.58. The first kappa shape index (κ1) is 16.5. The van der Waals surface area contributed by atoms with Gasteiger partial charge in [0.25, 0.3) is 0 Å². The summed E-state index contributed by atoms with van der Waals surface area (Å²) in [6.07, 6.45) is 2.92. The highest BCUT2D eigenvalue weighted by Crippen LogP contribution is 2.23. The highest BCUT2D eigenvalue weighted by atomic mass is 79.9. The van der Waals surface area contributed by atoms with E-state index < -0.39 is 5.60 Å². The number of benzene rings is 1. The summed E-state index contributed by atoms with van der Waals surface area (Å²) in [5, 5.41) is 0. The van der Waals surface area contributed by atoms with E-state index in [1.54, 1.807) is 0 Å². The maximum absolute atomic E-state index is 12.3. The molecule has 1 aliphatic heterocycles. The number of hydrogen-bond acceptors (Lipinski definition) is 3. The highest BCUT2D eigenvalue weighted by molar-refractivity contribution is 9.10. The molecule has 1 aliphatic rings. The molecule has 0 N–H and O–H groups in total. The lowest BCUT2D eigenvalue weighted by atomic mass is 10.1. The molecule has 116 valence electrons. The van der Waals surface area contributed by atoms with Crippen molar-refractivity contribution in [2.75, 3.05) is 13.1 Å². The average Bonchev–Trinajstić information content (AvgIpc) is 2.84.